The van der Waals surface area contributed by atoms with E-state index in [-0.39, 0.29) is 11.5 Å². The van der Waals surface area contributed by atoms with Crippen LogP contribution in [0, 0.1) is 0 Å². The van der Waals surface area contributed by atoms with Crippen LogP contribution in [0.15, 0.2) is 24.3 Å². The van der Waals surface area contributed by atoms with E-state index in [1.54, 1.807) is 0 Å². The molecule has 3 heteroatoms. The van der Waals surface area contributed by atoms with Crippen molar-refractivity contribution in [1.29, 1.82) is 0 Å². The van der Waals surface area contributed by atoms with E-state index >= 15 is 0 Å². The molecule has 0 heterocycles. The zero-order chi connectivity index (χ0) is 16.4. The average molecular weight is 305 g/mol. The summed E-state index contributed by atoms with van der Waals surface area (Å²) in [5, 5.41) is 3.36. The molecular weight excluding hydrogens is 274 g/mol. The Balaban J connectivity index is 2.48. The first-order chi connectivity index (χ1) is 10.6. The van der Waals surface area contributed by atoms with E-state index in [9.17, 15) is 4.79 Å². The molecule has 0 saturated heterocycles. The molecular formula is C19H31NO2. The minimum Gasteiger partial charge on any atom is -0.462 e. The van der Waals surface area contributed by atoms with Gasteiger partial charge in [-0.05, 0) is 56.8 Å². The second-order valence-electron chi connectivity index (χ2n) is 5.92. The van der Waals surface area contributed by atoms with Crippen LogP contribution in [-0.2, 0) is 11.2 Å². The van der Waals surface area contributed by atoms with E-state index in [0.717, 1.165) is 25.7 Å². The van der Waals surface area contributed by atoms with Crippen molar-refractivity contribution in [2.75, 3.05) is 13.7 Å². The standard InChI is InChI=1S/C19H31NO2/c1-5-8-9-16-10-12-17(13-11-16)18(21)22-15-14-19(6-2,7-3)20-4/h10-13,20H,5-9,14-15H2,1-4H3. The van der Waals surface area contributed by atoms with Crippen LogP contribution in [0.1, 0.15) is 68.8 Å². The molecule has 0 aromatic heterocycles. The minimum absolute atomic E-state index is 0.0737. The third kappa shape index (κ3) is 5.45. The van der Waals surface area contributed by atoms with Gasteiger partial charge in [0.25, 0.3) is 0 Å². The summed E-state index contributed by atoms with van der Waals surface area (Å²) in [4.78, 5) is 12.1. The average Bonchev–Trinajstić information content (AvgIpc) is 2.57. The van der Waals surface area contributed by atoms with Gasteiger partial charge in [-0.3, -0.25) is 0 Å². The molecule has 124 valence electrons. The zero-order valence-electron chi connectivity index (χ0n) is 14.6. The van der Waals surface area contributed by atoms with Crippen molar-refractivity contribution < 1.29 is 9.53 Å². The molecule has 0 aliphatic carbocycles. The Labute approximate surface area is 135 Å². The number of hydrogen-bond donors (Lipinski definition) is 1. The van der Waals surface area contributed by atoms with Crippen molar-refractivity contribution in [3.05, 3.63) is 35.4 Å². The van der Waals surface area contributed by atoms with Crippen molar-refractivity contribution in [1.82, 2.24) is 5.32 Å². The molecule has 0 aliphatic heterocycles. The monoisotopic (exact) mass is 305 g/mol. The molecule has 22 heavy (non-hydrogen) atoms. The topological polar surface area (TPSA) is 38.3 Å². The van der Waals surface area contributed by atoms with Crippen LogP contribution in [-0.4, -0.2) is 25.2 Å². The van der Waals surface area contributed by atoms with Gasteiger partial charge in [0.2, 0.25) is 0 Å². The van der Waals surface area contributed by atoms with Gasteiger partial charge in [-0.15, -0.1) is 0 Å². The Morgan fingerprint density at radius 2 is 1.77 bits per heavy atom. The summed E-state index contributed by atoms with van der Waals surface area (Å²) in [5.41, 5.74) is 2.00. The predicted octanol–water partition coefficient (Wildman–Crippen LogP) is 4.35. The second kappa shape index (κ2) is 9.62. The van der Waals surface area contributed by atoms with Gasteiger partial charge in [-0.1, -0.05) is 39.3 Å². The van der Waals surface area contributed by atoms with E-state index in [2.05, 4.69) is 26.1 Å². The lowest BCUT2D eigenvalue weighted by atomic mass is 9.90. The van der Waals surface area contributed by atoms with Gasteiger partial charge in [0.05, 0.1) is 12.2 Å². The quantitative estimate of drug-likeness (QED) is 0.653. The summed E-state index contributed by atoms with van der Waals surface area (Å²) in [6.45, 7) is 6.97. The number of carbonyl (C=O) groups excluding carboxylic acids is 1. The molecule has 3 nitrogen and oxygen atoms in total. The first kappa shape index (κ1) is 18.7. The second-order valence-corrected chi connectivity index (χ2v) is 5.92. The minimum atomic E-state index is -0.223. The number of ether oxygens (including phenoxy) is 1. The smallest absolute Gasteiger partial charge is 0.338 e. The molecule has 0 radical (unpaired) electrons. The number of nitrogens with one attached hydrogen (secondary N) is 1. The number of rotatable bonds is 10. The molecule has 0 saturated carbocycles. The van der Waals surface area contributed by atoms with E-state index in [4.69, 9.17) is 4.74 Å². The lowest BCUT2D eigenvalue weighted by Gasteiger charge is -2.31. The third-order valence-corrected chi connectivity index (χ3v) is 4.71. The summed E-state index contributed by atoms with van der Waals surface area (Å²) in [5.74, 6) is -0.223. The predicted molar refractivity (Wildman–Crippen MR) is 92.3 cm³/mol. The van der Waals surface area contributed by atoms with Crippen LogP contribution in [0.3, 0.4) is 0 Å². The Morgan fingerprint density at radius 3 is 2.27 bits per heavy atom. The van der Waals surface area contributed by atoms with Crippen LogP contribution in [0.5, 0.6) is 0 Å². The molecule has 1 N–H and O–H groups in total. The largest absolute Gasteiger partial charge is 0.462 e. The summed E-state index contributed by atoms with van der Waals surface area (Å²) in [7, 11) is 1.98. The van der Waals surface area contributed by atoms with Crippen molar-refractivity contribution >= 4 is 5.97 Å². The molecule has 1 rings (SSSR count). The van der Waals surface area contributed by atoms with E-state index in [1.807, 2.05) is 31.3 Å². The van der Waals surface area contributed by atoms with Crippen molar-refractivity contribution in [3.63, 3.8) is 0 Å². The van der Waals surface area contributed by atoms with Crippen molar-refractivity contribution in [3.8, 4) is 0 Å². The first-order valence-corrected chi connectivity index (χ1v) is 8.55. The van der Waals surface area contributed by atoms with Gasteiger partial charge >= 0.3 is 5.97 Å². The number of hydrogen-bond acceptors (Lipinski definition) is 3. The first-order valence-electron chi connectivity index (χ1n) is 8.55. The van der Waals surface area contributed by atoms with Gasteiger partial charge in [0.1, 0.15) is 0 Å². The fourth-order valence-electron chi connectivity index (χ4n) is 2.69. The Hall–Kier alpha value is -1.35. The lowest BCUT2D eigenvalue weighted by molar-refractivity contribution is 0.0462. The molecule has 1 aromatic rings. The molecule has 1 aromatic carbocycles. The van der Waals surface area contributed by atoms with Gasteiger partial charge in [0.15, 0.2) is 0 Å². The van der Waals surface area contributed by atoms with Crippen LogP contribution in [0.2, 0.25) is 0 Å². The summed E-state index contributed by atoms with van der Waals surface area (Å²) in [6, 6.07) is 7.81. The highest BCUT2D eigenvalue weighted by atomic mass is 16.5. The number of benzene rings is 1. The van der Waals surface area contributed by atoms with Gasteiger partial charge in [-0.25, -0.2) is 4.79 Å². The number of carbonyl (C=O) groups is 1. The summed E-state index contributed by atoms with van der Waals surface area (Å²) in [6.07, 6.45) is 6.35. The maximum absolute atomic E-state index is 12.1. The fourth-order valence-corrected chi connectivity index (χ4v) is 2.69. The fraction of sp³-hybridized carbons (Fsp3) is 0.632. The van der Waals surface area contributed by atoms with Crippen LogP contribution in [0.25, 0.3) is 0 Å². The van der Waals surface area contributed by atoms with Crippen molar-refractivity contribution in [2.45, 2.75) is 64.8 Å². The summed E-state index contributed by atoms with van der Waals surface area (Å²) >= 11 is 0. The highest BCUT2D eigenvalue weighted by Crippen LogP contribution is 2.19. The van der Waals surface area contributed by atoms with Crippen LogP contribution in [0.4, 0.5) is 0 Å². The SMILES string of the molecule is CCCCc1ccc(C(=O)OCCC(CC)(CC)NC)cc1. The van der Waals surface area contributed by atoms with Crippen LogP contribution < -0.4 is 5.32 Å². The number of aryl methyl sites for hydroxylation is 1. The Bertz CT molecular complexity index is 427. The lowest BCUT2D eigenvalue weighted by Crippen LogP contribution is -2.42. The third-order valence-electron chi connectivity index (χ3n) is 4.71. The summed E-state index contributed by atoms with van der Waals surface area (Å²) < 4.78 is 5.43. The molecule has 0 unspecified atom stereocenters. The molecule has 0 spiro atoms. The molecule has 0 fully saturated rings. The van der Waals surface area contributed by atoms with Crippen molar-refractivity contribution in [2.24, 2.45) is 0 Å². The number of unbranched alkanes of at least 4 members (excludes halogenated alkanes) is 1. The normalized spacial score (nSPS) is 11.5. The number of esters is 1. The highest BCUT2D eigenvalue weighted by Gasteiger charge is 2.23. The van der Waals surface area contributed by atoms with E-state index in [0.29, 0.717) is 12.2 Å². The molecule has 0 bridgehead atoms. The van der Waals surface area contributed by atoms with E-state index in [1.165, 1.54) is 18.4 Å². The van der Waals surface area contributed by atoms with Crippen LogP contribution >= 0.6 is 0 Å². The van der Waals surface area contributed by atoms with Gasteiger partial charge in [-0.2, -0.15) is 0 Å². The highest BCUT2D eigenvalue weighted by molar-refractivity contribution is 5.89. The maximum Gasteiger partial charge on any atom is 0.338 e. The molecule has 0 aliphatic rings. The van der Waals surface area contributed by atoms with E-state index < -0.39 is 0 Å². The van der Waals surface area contributed by atoms with Gasteiger partial charge in [0, 0.05) is 5.54 Å². The Kier molecular flexibility index (Phi) is 8.18. The van der Waals surface area contributed by atoms with Gasteiger partial charge < -0.3 is 10.1 Å². The zero-order valence-corrected chi connectivity index (χ0v) is 14.6. The maximum atomic E-state index is 12.1. The Morgan fingerprint density at radius 1 is 1.14 bits per heavy atom. The molecule has 0 atom stereocenters. The molecule has 0 amide bonds.